The summed E-state index contributed by atoms with van der Waals surface area (Å²) in [6.07, 6.45) is 6.39. The smallest absolute Gasteiger partial charge is 0.339 e. The summed E-state index contributed by atoms with van der Waals surface area (Å²) in [7, 11) is 0. The molecule has 34 heavy (non-hydrogen) atoms. The molecule has 0 unspecified atom stereocenters. The molecule has 1 saturated heterocycles. The number of nitrogens with zero attached hydrogens (tertiary/aromatic N) is 7. The quantitative estimate of drug-likeness (QED) is 0.355. The molecular weight excluding hydrogens is 434 g/mol. The van der Waals surface area contributed by atoms with Gasteiger partial charge in [-0.2, -0.15) is 15.0 Å². The number of pyridine rings is 2. The molecule has 0 aliphatic carbocycles. The fourth-order valence-electron chi connectivity index (χ4n) is 3.52. The van der Waals surface area contributed by atoms with Crippen LogP contribution in [0, 0.1) is 0 Å². The van der Waals surface area contributed by atoms with E-state index in [1.54, 1.807) is 12.1 Å². The van der Waals surface area contributed by atoms with Gasteiger partial charge in [0, 0.05) is 56.9 Å². The number of carbonyl (C=O) groups is 1. The molecule has 0 saturated carbocycles. The van der Waals surface area contributed by atoms with Crippen molar-refractivity contribution in [2.45, 2.75) is 19.8 Å². The van der Waals surface area contributed by atoms with Crippen LogP contribution in [0.3, 0.4) is 0 Å². The lowest BCUT2D eigenvalue weighted by Crippen LogP contribution is -2.47. The SMILES string of the molecule is CCc1nc(Nc2ccc(C(=O)OCCCN)cn2)nc(N2CCN(c3ccncc3)CC2)n1. The van der Waals surface area contributed by atoms with Crippen LogP contribution in [0.2, 0.25) is 0 Å². The van der Waals surface area contributed by atoms with Crippen molar-refractivity contribution >= 4 is 29.4 Å². The number of nitrogens with two attached hydrogens (primary N) is 1. The Labute approximate surface area is 198 Å². The molecular formula is C23H29N9O2. The minimum absolute atomic E-state index is 0.291. The van der Waals surface area contributed by atoms with E-state index < -0.39 is 5.97 Å². The second kappa shape index (κ2) is 11.3. The highest BCUT2D eigenvalue weighted by molar-refractivity contribution is 5.89. The van der Waals surface area contributed by atoms with E-state index >= 15 is 0 Å². The van der Waals surface area contributed by atoms with E-state index in [0.717, 1.165) is 26.2 Å². The molecule has 3 aromatic rings. The van der Waals surface area contributed by atoms with E-state index in [0.29, 0.717) is 55.1 Å². The Morgan fingerprint density at radius 1 is 1.06 bits per heavy atom. The monoisotopic (exact) mass is 463 g/mol. The van der Waals surface area contributed by atoms with Gasteiger partial charge in [-0.05, 0) is 37.2 Å². The topological polar surface area (TPSA) is 135 Å². The van der Waals surface area contributed by atoms with Gasteiger partial charge >= 0.3 is 5.97 Å². The van der Waals surface area contributed by atoms with Crippen molar-refractivity contribution in [1.82, 2.24) is 24.9 Å². The minimum atomic E-state index is -0.422. The summed E-state index contributed by atoms with van der Waals surface area (Å²) in [4.78, 5) is 38.7. The number of ether oxygens (including phenoxy) is 1. The highest BCUT2D eigenvalue weighted by Crippen LogP contribution is 2.20. The number of hydrogen-bond acceptors (Lipinski definition) is 11. The predicted molar refractivity (Wildman–Crippen MR) is 129 cm³/mol. The predicted octanol–water partition coefficient (Wildman–Crippen LogP) is 1.80. The number of nitrogens with one attached hydrogen (secondary N) is 1. The summed E-state index contributed by atoms with van der Waals surface area (Å²) in [5.41, 5.74) is 6.96. The van der Waals surface area contributed by atoms with E-state index in [2.05, 4.69) is 40.0 Å². The zero-order valence-corrected chi connectivity index (χ0v) is 19.2. The number of carbonyl (C=O) groups excluding carboxylic acids is 1. The van der Waals surface area contributed by atoms with Crippen LogP contribution in [0.15, 0.2) is 42.9 Å². The van der Waals surface area contributed by atoms with Crippen molar-refractivity contribution in [3.63, 3.8) is 0 Å². The van der Waals surface area contributed by atoms with Crippen LogP contribution >= 0.6 is 0 Å². The number of aryl methyl sites for hydroxylation is 1. The zero-order chi connectivity index (χ0) is 23.8. The largest absolute Gasteiger partial charge is 0.462 e. The third kappa shape index (κ3) is 5.93. The van der Waals surface area contributed by atoms with Crippen LogP contribution in [0.4, 0.5) is 23.4 Å². The Hall–Kier alpha value is -3.86. The molecule has 4 heterocycles. The zero-order valence-electron chi connectivity index (χ0n) is 19.2. The number of hydrogen-bond donors (Lipinski definition) is 2. The molecule has 11 heteroatoms. The molecule has 1 aliphatic rings. The van der Waals surface area contributed by atoms with Gasteiger partial charge in [0.15, 0.2) is 0 Å². The second-order valence-corrected chi connectivity index (χ2v) is 7.74. The van der Waals surface area contributed by atoms with Crippen LogP contribution in [-0.2, 0) is 11.2 Å². The average Bonchev–Trinajstić information content (AvgIpc) is 2.89. The molecule has 0 bridgehead atoms. The third-order valence-electron chi connectivity index (χ3n) is 5.40. The van der Waals surface area contributed by atoms with Crippen LogP contribution < -0.4 is 20.9 Å². The first-order valence-corrected chi connectivity index (χ1v) is 11.4. The summed E-state index contributed by atoms with van der Waals surface area (Å²) < 4.78 is 5.15. The first-order valence-electron chi connectivity index (χ1n) is 11.4. The first-order chi connectivity index (χ1) is 16.7. The second-order valence-electron chi connectivity index (χ2n) is 7.74. The third-order valence-corrected chi connectivity index (χ3v) is 5.40. The van der Waals surface area contributed by atoms with Crippen molar-refractivity contribution in [3.05, 3.63) is 54.2 Å². The summed E-state index contributed by atoms with van der Waals surface area (Å²) >= 11 is 0. The lowest BCUT2D eigenvalue weighted by molar-refractivity contribution is 0.0502. The highest BCUT2D eigenvalue weighted by Gasteiger charge is 2.21. The van der Waals surface area contributed by atoms with Crippen molar-refractivity contribution in [2.24, 2.45) is 5.73 Å². The van der Waals surface area contributed by atoms with Crippen molar-refractivity contribution < 1.29 is 9.53 Å². The van der Waals surface area contributed by atoms with Gasteiger partial charge < -0.3 is 25.6 Å². The van der Waals surface area contributed by atoms with Gasteiger partial charge in [0.2, 0.25) is 11.9 Å². The van der Waals surface area contributed by atoms with Gasteiger partial charge in [0.25, 0.3) is 0 Å². The van der Waals surface area contributed by atoms with Crippen molar-refractivity contribution in [3.8, 4) is 0 Å². The Bertz CT molecular complexity index is 1070. The maximum Gasteiger partial charge on any atom is 0.339 e. The first kappa shape index (κ1) is 23.3. The maximum atomic E-state index is 12.0. The molecule has 4 rings (SSSR count). The molecule has 178 valence electrons. The molecule has 0 spiro atoms. The lowest BCUT2D eigenvalue weighted by Gasteiger charge is -2.36. The summed E-state index contributed by atoms with van der Waals surface area (Å²) in [5, 5.41) is 3.13. The molecule has 0 amide bonds. The Balaban J connectivity index is 1.41. The van der Waals surface area contributed by atoms with Crippen molar-refractivity contribution in [2.75, 3.05) is 54.4 Å². The van der Waals surface area contributed by atoms with Gasteiger partial charge in [-0.1, -0.05) is 6.92 Å². The fourth-order valence-corrected chi connectivity index (χ4v) is 3.52. The number of anilines is 4. The molecule has 3 N–H and O–H groups in total. The number of esters is 1. The van der Waals surface area contributed by atoms with Gasteiger partial charge in [0.05, 0.1) is 12.2 Å². The highest BCUT2D eigenvalue weighted by atomic mass is 16.5. The van der Waals surface area contributed by atoms with E-state index in [-0.39, 0.29) is 0 Å². The van der Waals surface area contributed by atoms with Crippen LogP contribution in [0.5, 0.6) is 0 Å². The Morgan fingerprint density at radius 2 is 1.82 bits per heavy atom. The molecule has 0 aromatic carbocycles. The van der Waals surface area contributed by atoms with Crippen LogP contribution in [0.25, 0.3) is 0 Å². The average molecular weight is 464 g/mol. The van der Waals surface area contributed by atoms with Crippen molar-refractivity contribution in [1.29, 1.82) is 0 Å². The van der Waals surface area contributed by atoms with Gasteiger partial charge in [-0.3, -0.25) is 4.98 Å². The fraction of sp³-hybridized carbons (Fsp3) is 0.391. The maximum absolute atomic E-state index is 12.0. The molecule has 3 aromatic heterocycles. The molecule has 1 aliphatic heterocycles. The summed E-state index contributed by atoms with van der Waals surface area (Å²) in [6, 6.07) is 7.39. The van der Waals surface area contributed by atoms with Gasteiger partial charge in [0.1, 0.15) is 11.6 Å². The van der Waals surface area contributed by atoms with E-state index in [9.17, 15) is 4.79 Å². The molecule has 0 radical (unpaired) electrons. The lowest BCUT2D eigenvalue weighted by atomic mass is 10.3. The number of aromatic nitrogens is 5. The molecule has 1 fully saturated rings. The summed E-state index contributed by atoms with van der Waals surface area (Å²) in [5.74, 6) is 1.87. The Morgan fingerprint density at radius 3 is 2.50 bits per heavy atom. The minimum Gasteiger partial charge on any atom is -0.462 e. The van der Waals surface area contributed by atoms with E-state index in [4.69, 9.17) is 10.5 Å². The van der Waals surface area contributed by atoms with Gasteiger partial charge in [-0.15, -0.1) is 0 Å². The summed E-state index contributed by atoms with van der Waals surface area (Å²) in [6.45, 7) is 6.10. The number of rotatable bonds is 9. The van der Waals surface area contributed by atoms with E-state index in [1.165, 1.54) is 11.9 Å². The number of piperazine rings is 1. The Kier molecular flexibility index (Phi) is 7.76. The molecule has 11 nitrogen and oxygen atoms in total. The molecule has 0 atom stereocenters. The standard InChI is InChI=1S/C23H29N9O2/c1-2-19-27-22(28-20-5-4-17(16-26-20)21(33)34-15-3-8-24)30-23(29-19)32-13-11-31(12-14-32)18-6-9-25-10-7-18/h4-7,9-10,16H,2-3,8,11-15,24H2,1H3,(H,26,27,28,29,30). The van der Waals surface area contributed by atoms with Crippen LogP contribution in [0.1, 0.15) is 29.5 Å². The van der Waals surface area contributed by atoms with Gasteiger partial charge in [-0.25, -0.2) is 9.78 Å². The van der Waals surface area contributed by atoms with Crippen LogP contribution in [-0.4, -0.2) is 70.2 Å². The normalized spacial score (nSPS) is 13.6. The van der Waals surface area contributed by atoms with E-state index in [1.807, 2.05) is 31.5 Å².